The second kappa shape index (κ2) is 7.72. The van der Waals surface area contributed by atoms with E-state index in [-0.39, 0.29) is 11.3 Å². The van der Waals surface area contributed by atoms with E-state index in [1.54, 1.807) is 29.1 Å². The summed E-state index contributed by atoms with van der Waals surface area (Å²) in [6, 6.07) is 1.86. The summed E-state index contributed by atoms with van der Waals surface area (Å²) in [5, 5.41) is 10.3. The first kappa shape index (κ1) is 19.6. The average Bonchev–Trinajstić information content (AvgIpc) is 3.22. The number of anilines is 2. The van der Waals surface area contributed by atoms with Gasteiger partial charge in [-0.05, 0) is 18.4 Å². The number of amides is 1. The van der Waals surface area contributed by atoms with E-state index in [4.69, 9.17) is 4.74 Å². The third kappa shape index (κ3) is 3.62. The van der Waals surface area contributed by atoms with Crippen LogP contribution in [0.25, 0.3) is 5.65 Å². The maximum Gasteiger partial charge on any atom is 0.284 e. The second-order valence-electron chi connectivity index (χ2n) is 7.59. The van der Waals surface area contributed by atoms with Crippen LogP contribution in [-0.2, 0) is 4.74 Å². The number of halogens is 3. The predicted octanol–water partition coefficient (Wildman–Crippen LogP) is 2.79. The van der Waals surface area contributed by atoms with Crippen molar-refractivity contribution in [2.45, 2.75) is 12.8 Å². The Kier molecular flexibility index (Phi) is 5.05. The van der Waals surface area contributed by atoms with Crippen molar-refractivity contribution in [1.82, 2.24) is 22.6 Å². The van der Waals surface area contributed by atoms with E-state index < -0.39 is 18.0 Å². The molecule has 1 amide bonds. The summed E-state index contributed by atoms with van der Waals surface area (Å²) in [6.07, 6.45) is 2.83. The highest BCUT2D eigenvalue weighted by molar-refractivity contribution is 14.1. The van der Waals surface area contributed by atoms with Crippen LogP contribution >= 0.6 is 22.9 Å². The molecule has 0 bridgehead atoms. The zero-order valence-corrected chi connectivity index (χ0v) is 17.9. The van der Waals surface area contributed by atoms with Crippen LogP contribution in [0.2, 0.25) is 0 Å². The molecular weight excluding hydrogens is 511 g/mol. The van der Waals surface area contributed by atoms with Gasteiger partial charge >= 0.3 is 0 Å². The van der Waals surface area contributed by atoms with Crippen molar-refractivity contribution in [1.29, 1.82) is 0 Å². The minimum absolute atomic E-state index is 0.0366. The Hall–Kier alpha value is -2.35. The lowest BCUT2D eigenvalue weighted by molar-refractivity contribution is -0.0441. The monoisotopic (exact) mass is 529 g/mol. The van der Waals surface area contributed by atoms with E-state index in [1.165, 1.54) is 19.8 Å². The fourth-order valence-electron chi connectivity index (χ4n) is 3.80. The van der Waals surface area contributed by atoms with Gasteiger partial charge in [0, 0.05) is 25.2 Å². The molecule has 2 fully saturated rings. The van der Waals surface area contributed by atoms with Crippen LogP contribution in [-0.4, -0.2) is 54.8 Å². The molecule has 2 saturated heterocycles. The highest BCUT2D eigenvalue weighted by atomic mass is 127. The molecule has 2 aliphatic heterocycles. The van der Waals surface area contributed by atoms with Gasteiger partial charge in [0.2, 0.25) is 0 Å². The first-order valence-corrected chi connectivity index (χ1v) is 10.5. The van der Waals surface area contributed by atoms with E-state index in [0.29, 0.717) is 17.5 Å². The predicted molar refractivity (Wildman–Crippen MR) is 112 cm³/mol. The van der Waals surface area contributed by atoms with Crippen molar-refractivity contribution in [2.75, 3.05) is 36.5 Å². The minimum atomic E-state index is -2.80. The molecule has 1 N–H and O–H groups in total. The zero-order valence-electron chi connectivity index (χ0n) is 15.7. The van der Waals surface area contributed by atoms with Crippen molar-refractivity contribution in [2.24, 2.45) is 11.8 Å². The van der Waals surface area contributed by atoms with Gasteiger partial charge in [0.1, 0.15) is 11.4 Å². The van der Waals surface area contributed by atoms with Gasteiger partial charge in [0.15, 0.2) is 11.3 Å². The number of hydrogen-bond donors (Lipinski definition) is 1. The molecule has 0 radical (unpaired) electrons. The van der Waals surface area contributed by atoms with E-state index in [2.05, 4.69) is 25.4 Å². The van der Waals surface area contributed by atoms with Crippen LogP contribution in [0.4, 0.5) is 20.3 Å². The number of nitrogens with one attached hydrogen (secondary N) is 1. The number of alkyl halides is 2. The maximum absolute atomic E-state index is 13.1. The molecule has 5 rings (SSSR count). The number of aromatic nitrogens is 5. The Labute approximate surface area is 183 Å². The molecule has 0 atom stereocenters. The van der Waals surface area contributed by atoms with Crippen LogP contribution in [0.3, 0.4) is 0 Å². The number of fused-ring (bicyclic) bond motifs is 1. The third-order valence-corrected chi connectivity index (χ3v) is 5.92. The molecule has 2 aliphatic rings. The van der Waals surface area contributed by atoms with Crippen molar-refractivity contribution in [3.8, 4) is 0 Å². The molecule has 0 spiro atoms. The summed E-state index contributed by atoms with van der Waals surface area (Å²) in [7, 11) is 0. The first-order chi connectivity index (χ1) is 14.5. The molecule has 9 nitrogen and oxygen atoms in total. The Morgan fingerprint density at radius 2 is 2.13 bits per heavy atom. The Morgan fingerprint density at radius 3 is 2.83 bits per heavy atom. The highest BCUT2D eigenvalue weighted by Gasteiger charge is 2.32. The number of hydrogen-bond acceptors (Lipinski definition) is 6. The first-order valence-electron chi connectivity index (χ1n) is 9.50. The lowest BCUT2D eigenvalue weighted by Crippen LogP contribution is -2.49. The SMILES string of the molecule is O=C(Nc1cn(I)nc1C(F)F)c1cnn2ccc(N3CC(CC4COC4)C3)nc12. The van der Waals surface area contributed by atoms with E-state index >= 15 is 0 Å². The molecule has 0 aliphatic carbocycles. The average molecular weight is 529 g/mol. The molecule has 158 valence electrons. The van der Waals surface area contributed by atoms with Gasteiger partial charge in [-0.2, -0.15) is 10.2 Å². The lowest BCUT2D eigenvalue weighted by atomic mass is 9.88. The third-order valence-electron chi connectivity index (χ3n) is 5.42. The van der Waals surface area contributed by atoms with Gasteiger partial charge in [-0.15, -0.1) is 0 Å². The Balaban J connectivity index is 1.33. The van der Waals surface area contributed by atoms with Gasteiger partial charge in [0.05, 0.1) is 54.2 Å². The Bertz CT molecular complexity index is 1090. The highest BCUT2D eigenvalue weighted by Crippen LogP contribution is 2.31. The fourth-order valence-corrected chi connectivity index (χ4v) is 4.31. The number of carbonyl (C=O) groups is 1. The summed E-state index contributed by atoms with van der Waals surface area (Å²) in [5.74, 6) is 1.50. The van der Waals surface area contributed by atoms with Crippen molar-refractivity contribution in [3.05, 3.63) is 35.9 Å². The van der Waals surface area contributed by atoms with Crippen LogP contribution in [0.5, 0.6) is 0 Å². The summed E-state index contributed by atoms with van der Waals surface area (Å²) >= 11 is 1.75. The number of nitrogens with zero attached hydrogens (tertiary/aromatic N) is 6. The molecule has 0 aromatic carbocycles. The van der Waals surface area contributed by atoms with Crippen molar-refractivity contribution >= 4 is 45.9 Å². The summed E-state index contributed by atoms with van der Waals surface area (Å²) in [5.41, 5.74) is 0.0695. The smallest absolute Gasteiger partial charge is 0.284 e. The second-order valence-corrected chi connectivity index (χ2v) is 8.58. The van der Waals surface area contributed by atoms with Crippen molar-refractivity contribution in [3.63, 3.8) is 0 Å². The molecular formula is C18H18F2IN7O2. The van der Waals surface area contributed by atoms with Gasteiger partial charge < -0.3 is 15.0 Å². The molecule has 30 heavy (non-hydrogen) atoms. The largest absolute Gasteiger partial charge is 0.381 e. The number of ether oxygens (including phenoxy) is 1. The van der Waals surface area contributed by atoms with Gasteiger partial charge in [-0.25, -0.2) is 21.2 Å². The lowest BCUT2D eigenvalue weighted by Gasteiger charge is -2.43. The topological polar surface area (TPSA) is 89.6 Å². The molecule has 12 heteroatoms. The van der Waals surface area contributed by atoms with Crippen molar-refractivity contribution < 1.29 is 18.3 Å². The molecule has 0 saturated carbocycles. The minimum Gasteiger partial charge on any atom is -0.381 e. The fraction of sp³-hybridized carbons (Fsp3) is 0.444. The van der Waals surface area contributed by atoms with E-state index in [9.17, 15) is 13.6 Å². The summed E-state index contributed by atoms with van der Waals surface area (Å²) < 4.78 is 34.2. The van der Waals surface area contributed by atoms with Gasteiger partial charge in [-0.3, -0.25) is 4.79 Å². The molecule has 0 unspecified atom stereocenters. The quantitative estimate of drug-likeness (QED) is 0.495. The molecule has 3 aromatic rings. The normalized spacial score (nSPS) is 17.4. The standard InChI is InChI=1S/C18H18F2IN7O2/c19-16(20)15-13(7-28(21)25-15)23-18(29)12-4-22-27-2-1-14(24-17(12)27)26-5-10(6-26)3-11-8-30-9-11/h1-2,4,7,10-11,16H,3,5-6,8-9H2,(H,23,29). The van der Waals surface area contributed by atoms with Gasteiger partial charge in [0.25, 0.3) is 12.3 Å². The number of rotatable bonds is 6. The van der Waals surface area contributed by atoms with Crippen LogP contribution in [0.15, 0.2) is 24.7 Å². The van der Waals surface area contributed by atoms with E-state index in [1.807, 2.05) is 6.07 Å². The zero-order chi connectivity index (χ0) is 20.8. The van der Waals surface area contributed by atoms with Crippen LogP contribution in [0, 0.1) is 11.8 Å². The molecule has 3 aromatic heterocycles. The number of carbonyl (C=O) groups excluding carboxylic acids is 1. The molecule has 5 heterocycles. The van der Waals surface area contributed by atoms with Gasteiger partial charge in [-0.1, -0.05) is 0 Å². The van der Waals surface area contributed by atoms with Crippen LogP contribution in [0.1, 0.15) is 28.9 Å². The summed E-state index contributed by atoms with van der Waals surface area (Å²) in [6.45, 7) is 3.56. The maximum atomic E-state index is 13.1. The Morgan fingerprint density at radius 1 is 1.33 bits per heavy atom. The van der Waals surface area contributed by atoms with Crippen LogP contribution < -0.4 is 10.2 Å². The summed E-state index contributed by atoms with van der Waals surface area (Å²) in [4.78, 5) is 19.5. The van der Waals surface area contributed by atoms with E-state index in [0.717, 1.165) is 38.5 Å².